The van der Waals surface area contributed by atoms with Crippen molar-refractivity contribution in [1.29, 1.82) is 0 Å². The van der Waals surface area contributed by atoms with Crippen molar-refractivity contribution in [3.05, 3.63) is 64.2 Å². The van der Waals surface area contributed by atoms with Gasteiger partial charge in [-0.15, -0.1) is 11.3 Å². The van der Waals surface area contributed by atoms with E-state index >= 15 is 0 Å². The van der Waals surface area contributed by atoms with E-state index in [1.165, 1.54) is 6.92 Å². The molecule has 1 amide bonds. The van der Waals surface area contributed by atoms with Gasteiger partial charge < -0.3 is 14.5 Å². The maximum absolute atomic E-state index is 12.9. The van der Waals surface area contributed by atoms with Crippen LogP contribution in [-0.4, -0.2) is 24.3 Å². The van der Waals surface area contributed by atoms with Crippen LogP contribution < -0.4 is 5.32 Å². The number of ether oxygens (including phenoxy) is 1. The van der Waals surface area contributed by atoms with Crippen molar-refractivity contribution in [2.24, 2.45) is 0 Å². The molecule has 4 rings (SSSR count). The molecular weight excluding hydrogens is 414 g/mol. The summed E-state index contributed by atoms with van der Waals surface area (Å²) in [7, 11) is 0. The number of benzene rings is 2. The van der Waals surface area contributed by atoms with Gasteiger partial charge in [0.15, 0.2) is 5.78 Å². The lowest BCUT2D eigenvalue weighted by molar-refractivity contribution is -0.115. The molecule has 1 N–H and O–H groups in total. The number of furan rings is 1. The van der Waals surface area contributed by atoms with E-state index in [1.807, 2.05) is 36.4 Å². The topological polar surface area (TPSA) is 85.6 Å². The minimum Gasteiger partial charge on any atom is -0.464 e. The second kappa shape index (κ2) is 8.35. The minimum absolute atomic E-state index is 0.0651. The molecule has 0 aliphatic carbocycles. The van der Waals surface area contributed by atoms with E-state index in [2.05, 4.69) is 5.32 Å². The molecule has 2 heterocycles. The summed E-state index contributed by atoms with van der Waals surface area (Å²) < 4.78 is 10.8. The zero-order valence-corrected chi connectivity index (χ0v) is 18.2. The summed E-state index contributed by atoms with van der Waals surface area (Å²) in [5.74, 6) is -1.03. The van der Waals surface area contributed by atoms with Gasteiger partial charge in [-0.2, -0.15) is 0 Å². The molecule has 0 saturated carbocycles. The number of ketones is 1. The van der Waals surface area contributed by atoms with E-state index in [1.54, 1.807) is 20.1 Å². The third-order valence-electron chi connectivity index (χ3n) is 5.09. The summed E-state index contributed by atoms with van der Waals surface area (Å²) in [6.07, 6.45) is 1.65. The molecule has 4 aromatic rings. The predicted molar refractivity (Wildman–Crippen MR) is 121 cm³/mol. The van der Waals surface area contributed by atoms with Crippen LogP contribution >= 0.6 is 11.3 Å². The van der Waals surface area contributed by atoms with Gasteiger partial charge in [0, 0.05) is 10.9 Å². The molecule has 6 nitrogen and oxygen atoms in total. The number of anilines is 1. The molecule has 0 atom stereocenters. The van der Waals surface area contributed by atoms with Gasteiger partial charge in [0.05, 0.1) is 29.7 Å². The molecule has 0 aliphatic rings. The average molecular weight is 436 g/mol. The Labute approximate surface area is 182 Å². The van der Waals surface area contributed by atoms with Crippen molar-refractivity contribution < 1.29 is 23.5 Å². The van der Waals surface area contributed by atoms with Gasteiger partial charge in [-0.25, -0.2) is 4.79 Å². The number of amides is 1. The highest BCUT2D eigenvalue weighted by Gasteiger charge is 2.25. The number of nitrogens with one attached hydrogen (secondary N) is 1. The van der Waals surface area contributed by atoms with Crippen LogP contribution in [0.25, 0.3) is 21.7 Å². The highest BCUT2D eigenvalue weighted by atomic mass is 32.1. The summed E-state index contributed by atoms with van der Waals surface area (Å²) >= 11 is 1.09. The molecular formula is C24H21NO5S. The predicted octanol–water partition coefficient (Wildman–Crippen LogP) is 5.52. The molecule has 0 unspecified atom stereocenters. The zero-order chi connectivity index (χ0) is 22.1. The zero-order valence-electron chi connectivity index (χ0n) is 17.4. The van der Waals surface area contributed by atoms with Gasteiger partial charge in [-0.05, 0) is 43.2 Å². The second-order valence-corrected chi connectivity index (χ2v) is 8.20. The fourth-order valence-electron chi connectivity index (χ4n) is 3.73. The first-order valence-electron chi connectivity index (χ1n) is 9.89. The summed E-state index contributed by atoms with van der Waals surface area (Å²) in [5, 5.41) is 6.09. The fraction of sp³-hybridized carbons (Fsp3) is 0.208. The van der Waals surface area contributed by atoms with Crippen LogP contribution in [0.4, 0.5) is 5.00 Å². The molecule has 0 aliphatic heterocycles. The molecule has 31 heavy (non-hydrogen) atoms. The van der Waals surface area contributed by atoms with Crippen molar-refractivity contribution >= 4 is 55.7 Å². The van der Waals surface area contributed by atoms with E-state index in [-0.39, 0.29) is 30.3 Å². The van der Waals surface area contributed by atoms with Gasteiger partial charge in [-0.1, -0.05) is 30.3 Å². The molecule has 2 aromatic carbocycles. The SMILES string of the molecule is CCOC(=O)c1c(NC(=O)Cc2coc3ccc4ccccc4c23)sc(C(C)=O)c1C. The second-order valence-electron chi connectivity index (χ2n) is 7.18. The number of carbonyl (C=O) groups is 3. The van der Waals surface area contributed by atoms with Gasteiger partial charge in [0.2, 0.25) is 5.91 Å². The number of thiophene rings is 1. The molecule has 2 aromatic heterocycles. The van der Waals surface area contributed by atoms with Crippen molar-refractivity contribution in [3.63, 3.8) is 0 Å². The monoisotopic (exact) mass is 435 g/mol. The van der Waals surface area contributed by atoms with Crippen LogP contribution in [0.15, 0.2) is 47.1 Å². The average Bonchev–Trinajstić information content (AvgIpc) is 3.29. The molecule has 0 radical (unpaired) electrons. The molecule has 158 valence electrons. The first-order valence-corrected chi connectivity index (χ1v) is 10.7. The van der Waals surface area contributed by atoms with Crippen molar-refractivity contribution in [1.82, 2.24) is 0 Å². The Balaban J connectivity index is 1.67. The number of Topliss-reactive ketones (excluding diaryl/α,β-unsaturated/α-hetero) is 1. The van der Waals surface area contributed by atoms with Gasteiger partial charge in [0.1, 0.15) is 10.6 Å². The lowest BCUT2D eigenvalue weighted by atomic mass is 10.0. The summed E-state index contributed by atoms with van der Waals surface area (Å²) in [5.41, 5.74) is 2.21. The van der Waals surface area contributed by atoms with E-state index < -0.39 is 5.97 Å². The number of carbonyl (C=O) groups excluding carboxylic acids is 3. The van der Waals surface area contributed by atoms with E-state index in [0.717, 1.165) is 33.1 Å². The highest BCUT2D eigenvalue weighted by Crippen LogP contribution is 2.35. The smallest absolute Gasteiger partial charge is 0.341 e. The summed E-state index contributed by atoms with van der Waals surface area (Å²) in [6.45, 7) is 5.02. The van der Waals surface area contributed by atoms with E-state index in [9.17, 15) is 14.4 Å². The highest BCUT2D eigenvalue weighted by molar-refractivity contribution is 7.18. The van der Waals surface area contributed by atoms with Crippen molar-refractivity contribution in [3.8, 4) is 0 Å². The third-order valence-corrected chi connectivity index (χ3v) is 6.40. The van der Waals surface area contributed by atoms with E-state index in [4.69, 9.17) is 9.15 Å². The molecule has 0 bridgehead atoms. The Hall–Kier alpha value is -3.45. The normalized spacial score (nSPS) is 11.1. The van der Waals surface area contributed by atoms with Crippen molar-refractivity contribution in [2.75, 3.05) is 11.9 Å². The Morgan fingerprint density at radius 3 is 2.65 bits per heavy atom. The number of rotatable bonds is 6. The van der Waals surface area contributed by atoms with Crippen LogP contribution in [0.2, 0.25) is 0 Å². The Kier molecular flexibility index (Phi) is 5.61. The Bertz CT molecular complexity index is 1330. The first kappa shape index (κ1) is 20.8. The molecule has 0 fully saturated rings. The lowest BCUT2D eigenvalue weighted by Gasteiger charge is -2.07. The molecule has 7 heteroatoms. The molecule has 0 saturated heterocycles. The van der Waals surface area contributed by atoms with Crippen LogP contribution in [0.3, 0.4) is 0 Å². The first-order chi connectivity index (χ1) is 14.9. The Morgan fingerprint density at radius 1 is 1.13 bits per heavy atom. The number of hydrogen-bond acceptors (Lipinski definition) is 6. The largest absolute Gasteiger partial charge is 0.464 e. The lowest BCUT2D eigenvalue weighted by Crippen LogP contribution is -2.16. The van der Waals surface area contributed by atoms with Crippen LogP contribution in [0.1, 0.15) is 45.0 Å². The number of hydrogen-bond donors (Lipinski definition) is 1. The van der Waals surface area contributed by atoms with Gasteiger partial charge >= 0.3 is 5.97 Å². The van der Waals surface area contributed by atoms with Crippen molar-refractivity contribution in [2.45, 2.75) is 27.2 Å². The van der Waals surface area contributed by atoms with Crippen LogP contribution in [0.5, 0.6) is 0 Å². The quantitative estimate of drug-likeness (QED) is 0.318. The third kappa shape index (κ3) is 3.84. The summed E-state index contributed by atoms with van der Waals surface area (Å²) in [4.78, 5) is 37.7. The van der Waals surface area contributed by atoms with Gasteiger partial charge in [0.25, 0.3) is 0 Å². The summed E-state index contributed by atoms with van der Waals surface area (Å²) in [6, 6.07) is 11.8. The fourth-order valence-corrected chi connectivity index (χ4v) is 4.84. The van der Waals surface area contributed by atoms with Crippen LogP contribution in [0, 0.1) is 6.92 Å². The Morgan fingerprint density at radius 2 is 1.90 bits per heavy atom. The number of fused-ring (bicyclic) bond motifs is 3. The minimum atomic E-state index is -0.557. The van der Waals surface area contributed by atoms with E-state index in [0.29, 0.717) is 21.0 Å². The standard InChI is InChI=1S/C24H21NO5S/c1-4-29-24(28)20-13(2)22(14(3)26)31-23(20)25-19(27)11-16-12-30-18-10-9-15-7-5-6-8-17(15)21(16)18/h5-10,12H,4,11H2,1-3H3,(H,25,27). The van der Waals surface area contributed by atoms with Crippen LogP contribution in [-0.2, 0) is 16.0 Å². The maximum Gasteiger partial charge on any atom is 0.341 e. The number of esters is 1. The maximum atomic E-state index is 12.9. The molecule has 0 spiro atoms. The van der Waals surface area contributed by atoms with Gasteiger partial charge in [-0.3, -0.25) is 9.59 Å².